The number of hydrogen-bond acceptors (Lipinski definition) is 6. The molecule has 1 amide bonds. The van der Waals surface area contributed by atoms with Crippen LogP contribution in [0, 0.1) is 0 Å². The predicted octanol–water partition coefficient (Wildman–Crippen LogP) is 3.19. The van der Waals surface area contributed by atoms with Crippen molar-refractivity contribution in [2.24, 2.45) is 5.10 Å². The quantitative estimate of drug-likeness (QED) is 0.791. The minimum Gasteiger partial charge on any atom is -0.497 e. The molecule has 9 heteroatoms. The number of fused-ring (bicyclic) bond motifs is 2. The predicted molar refractivity (Wildman–Crippen MR) is 111 cm³/mol. The number of nitrogens with one attached hydrogen (secondary N) is 1. The molecule has 0 aliphatic carbocycles. The van der Waals surface area contributed by atoms with Gasteiger partial charge in [-0.15, -0.1) is 0 Å². The van der Waals surface area contributed by atoms with E-state index in [1.54, 1.807) is 58.2 Å². The van der Waals surface area contributed by atoms with Gasteiger partial charge in [-0.1, -0.05) is 18.2 Å². The van der Waals surface area contributed by atoms with Gasteiger partial charge in [0.15, 0.2) is 5.66 Å². The summed E-state index contributed by atoms with van der Waals surface area (Å²) in [6, 6.07) is 13.8. The summed E-state index contributed by atoms with van der Waals surface area (Å²) in [5, 5.41) is 5.62. The summed E-state index contributed by atoms with van der Waals surface area (Å²) in [5.74, 6) is 0.683. The number of carbonyl (C=O) groups is 1. The number of hydrogen-bond donors (Lipinski definition) is 1. The molecular weight excluding hydrogens is 406 g/mol. The van der Waals surface area contributed by atoms with Crippen molar-refractivity contribution in [1.82, 2.24) is 9.73 Å². The first-order valence-electron chi connectivity index (χ1n) is 9.44. The highest BCUT2D eigenvalue weighted by molar-refractivity contribution is 7.89. The molecule has 0 radical (unpaired) electrons. The van der Waals surface area contributed by atoms with E-state index in [0.717, 1.165) is 10.6 Å². The minimum atomic E-state index is -3.82. The van der Waals surface area contributed by atoms with Crippen LogP contribution in [0.5, 0.6) is 5.75 Å². The number of ether oxygens (including phenoxy) is 2. The first kappa shape index (κ1) is 20.4. The summed E-state index contributed by atoms with van der Waals surface area (Å²) in [6.07, 6.45) is -0.570. The van der Waals surface area contributed by atoms with Crippen LogP contribution < -0.4 is 9.46 Å². The Bertz CT molecular complexity index is 1140. The van der Waals surface area contributed by atoms with Gasteiger partial charge in [0, 0.05) is 12.0 Å². The Morgan fingerprint density at radius 2 is 1.80 bits per heavy atom. The third-order valence-electron chi connectivity index (χ3n) is 4.92. The smallest absolute Gasteiger partial charge is 0.433 e. The molecule has 0 fully saturated rings. The Kier molecular flexibility index (Phi) is 4.63. The zero-order valence-electron chi connectivity index (χ0n) is 17.2. The van der Waals surface area contributed by atoms with Crippen molar-refractivity contribution < 1.29 is 22.7 Å². The maximum absolute atomic E-state index is 13.1. The monoisotopic (exact) mass is 429 g/mol. The van der Waals surface area contributed by atoms with Crippen LogP contribution in [0.25, 0.3) is 0 Å². The summed E-state index contributed by atoms with van der Waals surface area (Å²) in [5.41, 5.74) is -0.378. The van der Waals surface area contributed by atoms with E-state index >= 15 is 0 Å². The van der Waals surface area contributed by atoms with Gasteiger partial charge in [-0.2, -0.15) is 14.8 Å². The standard InChI is InChI=1S/C21H23N3O5S/c1-20(2,3)29-19(25)24-21(16-7-5-6-8-18(16)30(26,27)23-21)13-17(22-24)14-9-11-15(28-4)12-10-14/h5-12,23H,13H2,1-4H3. The van der Waals surface area contributed by atoms with E-state index in [-0.39, 0.29) is 11.3 Å². The summed E-state index contributed by atoms with van der Waals surface area (Å²) < 4.78 is 39.1. The van der Waals surface area contributed by atoms with E-state index < -0.39 is 27.4 Å². The number of amides is 1. The van der Waals surface area contributed by atoms with Gasteiger partial charge in [0.05, 0.1) is 17.7 Å². The molecule has 1 N–H and O–H groups in total. The van der Waals surface area contributed by atoms with Crippen LogP contribution in [0.4, 0.5) is 4.79 Å². The van der Waals surface area contributed by atoms with Gasteiger partial charge in [-0.3, -0.25) is 0 Å². The molecule has 8 nitrogen and oxygen atoms in total. The summed E-state index contributed by atoms with van der Waals surface area (Å²) in [7, 11) is -2.24. The van der Waals surface area contributed by atoms with Crippen LogP contribution in [0.1, 0.15) is 38.3 Å². The van der Waals surface area contributed by atoms with Crippen molar-refractivity contribution in [1.29, 1.82) is 0 Å². The van der Waals surface area contributed by atoms with Crippen molar-refractivity contribution in [3.8, 4) is 5.75 Å². The lowest BCUT2D eigenvalue weighted by Crippen LogP contribution is -2.52. The maximum Gasteiger partial charge on any atom is 0.433 e. The number of benzene rings is 2. The summed E-state index contributed by atoms with van der Waals surface area (Å²) >= 11 is 0. The lowest BCUT2D eigenvalue weighted by molar-refractivity contribution is -0.0000487. The van der Waals surface area contributed by atoms with Crippen molar-refractivity contribution in [3.63, 3.8) is 0 Å². The largest absolute Gasteiger partial charge is 0.497 e. The number of sulfonamides is 1. The number of rotatable bonds is 2. The Hall–Kier alpha value is -2.91. The number of methoxy groups -OCH3 is 1. The summed E-state index contributed by atoms with van der Waals surface area (Å²) in [6.45, 7) is 5.23. The Morgan fingerprint density at radius 3 is 2.43 bits per heavy atom. The van der Waals surface area contributed by atoms with Gasteiger partial charge in [0.1, 0.15) is 11.4 Å². The first-order chi connectivity index (χ1) is 14.1. The Balaban J connectivity index is 1.83. The highest BCUT2D eigenvalue weighted by Crippen LogP contribution is 2.45. The second kappa shape index (κ2) is 6.82. The van der Waals surface area contributed by atoms with Crippen LogP contribution >= 0.6 is 0 Å². The zero-order valence-corrected chi connectivity index (χ0v) is 18.0. The molecule has 1 atom stereocenters. The number of nitrogens with zero attached hydrogens (tertiary/aromatic N) is 2. The maximum atomic E-state index is 13.1. The Labute approximate surface area is 175 Å². The van der Waals surface area contributed by atoms with Crippen LogP contribution in [-0.2, 0) is 20.4 Å². The molecule has 1 unspecified atom stereocenters. The van der Waals surface area contributed by atoms with Gasteiger partial charge >= 0.3 is 6.09 Å². The molecule has 2 aromatic carbocycles. The van der Waals surface area contributed by atoms with Crippen molar-refractivity contribution in [2.75, 3.05) is 7.11 Å². The molecule has 0 aromatic heterocycles. The molecular formula is C21H23N3O5S. The minimum absolute atomic E-state index is 0.129. The average molecular weight is 429 g/mol. The van der Waals surface area contributed by atoms with Crippen molar-refractivity contribution >= 4 is 21.8 Å². The van der Waals surface area contributed by atoms with E-state index in [1.165, 1.54) is 6.07 Å². The third kappa shape index (κ3) is 3.33. The lowest BCUT2D eigenvalue weighted by atomic mass is 9.93. The number of carbonyl (C=O) groups excluding carboxylic acids is 1. The van der Waals surface area contributed by atoms with Crippen LogP contribution in [0.3, 0.4) is 0 Å². The van der Waals surface area contributed by atoms with Crippen molar-refractivity contribution in [2.45, 2.75) is 43.4 Å². The van der Waals surface area contributed by atoms with E-state index in [0.29, 0.717) is 17.0 Å². The molecule has 4 rings (SSSR count). The molecule has 2 aromatic rings. The zero-order chi connectivity index (χ0) is 21.7. The molecule has 2 heterocycles. The second-order valence-corrected chi connectivity index (χ2v) is 9.86. The van der Waals surface area contributed by atoms with Gasteiger partial charge in [-0.25, -0.2) is 13.2 Å². The fourth-order valence-corrected chi connectivity index (χ4v) is 5.27. The molecule has 1 spiro atoms. The fraction of sp³-hybridized carbons (Fsp3) is 0.333. The molecule has 0 saturated carbocycles. The highest BCUT2D eigenvalue weighted by Gasteiger charge is 2.57. The summed E-state index contributed by atoms with van der Waals surface area (Å²) in [4.78, 5) is 13.2. The fourth-order valence-electron chi connectivity index (χ4n) is 3.67. The van der Waals surface area contributed by atoms with E-state index in [2.05, 4.69) is 9.82 Å². The molecule has 2 aliphatic rings. The molecule has 158 valence electrons. The SMILES string of the molecule is COc1ccc(C2=NN(C(=O)OC(C)(C)C)C3(C2)NS(=O)(=O)c2ccccc23)cc1. The van der Waals surface area contributed by atoms with Crippen LogP contribution in [0.15, 0.2) is 58.5 Å². The second-order valence-electron chi connectivity index (χ2n) is 8.21. The van der Waals surface area contributed by atoms with Gasteiger partial charge < -0.3 is 9.47 Å². The topological polar surface area (TPSA) is 97.3 Å². The van der Waals surface area contributed by atoms with Crippen molar-refractivity contribution in [3.05, 3.63) is 59.7 Å². The third-order valence-corrected chi connectivity index (χ3v) is 6.46. The van der Waals surface area contributed by atoms with Gasteiger partial charge in [0.2, 0.25) is 10.0 Å². The average Bonchev–Trinajstić information content (AvgIpc) is 3.17. The van der Waals surface area contributed by atoms with E-state index in [9.17, 15) is 13.2 Å². The van der Waals surface area contributed by atoms with E-state index in [4.69, 9.17) is 9.47 Å². The van der Waals surface area contributed by atoms with E-state index in [1.807, 2.05) is 12.1 Å². The van der Waals surface area contributed by atoms with Crippen LogP contribution in [0.2, 0.25) is 0 Å². The first-order valence-corrected chi connectivity index (χ1v) is 10.9. The molecule has 30 heavy (non-hydrogen) atoms. The number of hydrazone groups is 1. The molecule has 0 saturated heterocycles. The highest BCUT2D eigenvalue weighted by atomic mass is 32.2. The normalized spacial score (nSPS) is 22.0. The van der Waals surface area contributed by atoms with Crippen LogP contribution in [-0.4, -0.2) is 37.9 Å². The van der Waals surface area contributed by atoms with Gasteiger partial charge in [-0.05, 0) is 56.7 Å². The molecule has 2 aliphatic heterocycles. The lowest BCUT2D eigenvalue weighted by Gasteiger charge is -2.33. The Morgan fingerprint density at radius 1 is 1.13 bits per heavy atom. The molecule has 0 bridgehead atoms. The van der Waals surface area contributed by atoms with Gasteiger partial charge in [0.25, 0.3) is 0 Å².